The van der Waals surface area contributed by atoms with Gasteiger partial charge in [-0.2, -0.15) is 13.2 Å². The highest BCUT2D eigenvalue weighted by Crippen LogP contribution is 2.35. The van der Waals surface area contributed by atoms with Crippen molar-refractivity contribution in [3.63, 3.8) is 0 Å². The molecule has 0 aliphatic rings. The lowest BCUT2D eigenvalue weighted by atomic mass is 9.82. The van der Waals surface area contributed by atoms with Crippen LogP contribution in [0.3, 0.4) is 0 Å². The Bertz CT molecular complexity index is 1180. The lowest BCUT2D eigenvalue weighted by molar-refractivity contribution is -0.152. The topological polar surface area (TPSA) is 88.1 Å². The van der Waals surface area contributed by atoms with Crippen LogP contribution in [0.4, 0.5) is 13.2 Å². The monoisotopic (exact) mass is 495 g/mol. The van der Waals surface area contributed by atoms with E-state index in [1.807, 2.05) is 20.8 Å². The summed E-state index contributed by atoms with van der Waals surface area (Å²) < 4.78 is 44.3. The zero-order chi connectivity index (χ0) is 25.1. The van der Waals surface area contributed by atoms with Crippen LogP contribution in [0, 0.1) is 12.3 Å². The minimum atomic E-state index is -4.53. The van der Waals surface area contributed by atoms with E-state index >= 15 is 0 Å². The van der Waals surface area contributed by atoms with Crippen LogP contribution in [-0.4, -0.2) is 32.6 Å². The van der Waals surface area contributed by atoms with E-state index in [2.05, 4.69) is 15.0 Å². The van der Waals surface area contributed by atoms with Crippen molar-refractivity contribution in [3.8, 4) is 28.4 Å². The number of pyridine rings is 1. The molecule has 1 atom stereocenters. The standard InChI is InChI=1S/C24H25ClF3N3O3/c1-4-8-23(5-2,22(32)33)13-34-20-9-14(3)17(11-29-20)15-6-7-16(18(25)10-15)21-30-12-19(31-21)24(26,27)28/h6-7,9-12H,4-5,8,13H2,1-3H3,(H,30,31)(H,32,33). The van der Waals surface area contributed by atoms with Crippen molar-refractivity contribution < 1.29 is 27.8 Å². The number of imidazole rings is 1. The molecule has 182 valence electrons. The highest BCUT2D eigenvalue weighted by Gasteiger charge is 2.37. The SMILES string of the molecule is CCCC(CC)(COc1cc(C)c(-c2ccc(-c3ncc(C(F)(F)F)[nH]3)c(Cl)c2)cn1)C(=O)O. The molecule has 2 heterocycles. The van der Waals surface area contributed by atoms with Crippen molar-refractivity contribution in [1.82, 2.24) is 15.0 Å². The Morgan fingerprint density at radius 3 is 2.41 bits per heavy atom. The van der Waals surface area contributed by atoms with Crippen molar-refractivity contribution in [3.05, 3.63) is 52.9 Å². The third-order valence-corrected chi connectivity index (χ3v) is 6.17. The number of ether oxygens (including phenoxy) is 1. The van der Waals surface area contributed by atoms with Gasteiger partial charge in [-0.05, 0) is 43.0 Å². The lowest BCUT2D eigenvalue weighted by Crippen LogP contribution is -2.36. The number of hydrogen-bond donors (Lipinski definition) is 2. The number of aromatic nitrogens is 3. The van der Waals surface area contributed by atoms with E-state index in [1.54, 1.807) is 30.5 Å². The summed E-state index contributed by atoms with van der Waals surface area (Å²) in [6, 6.07) is 6.65. The maximum absolute atomic E-state index is 12.8. The second-order valence-electron chi connectivity index (χ2n) is 8.15. The molecule has 0 saturated carbocycles. The number of benzene rings is 1. The van der Waals surface area contributed by atoms with Crippen LogP contribution in [0.25, 0.3) is 22.5 Å². The zero-order valence-corrected chi connectivity index (χ0v) is 19.7. The molecular weight excluding hydrogens is 471 g/mol. The number of H-pyrrole nitrogens is 1. The maximum atomic E-state index is 12.8. The molecule has 34 heavy (non-hydrogen) atoms. The average Bonchev–Trinajstić information content (AvgIpc) is 3.27. The van der Waals surface area contributed by atoms with Gasteiger partial charge in [0.2, 0.25) is 5.88 Å². The van der Waals surface area contributed by atoms with Crippen LogP contribution in [0.1, 0.15) is 44.4 Å². The molecule has 0 radical (unpaired) electrons. The van der Waals surface area contributed by atoms with E-state index in [0.29, 0.717) is 29.8 Å². The number of hydrogen-bond acceptors (Lipinski definition) is 4. The van der Waals surface area contributed by atoms with Crippen molar-refractivity contribution in [2.24, 2.45) is 5.41 Å². The first-order valence-corrected chi connectivity index (χ1v) is 11.1. The van der Waals surface area contributed by atoms with Gasteiger partial charge in [0.25, 0.3) is 0 Å². The van der Waals surface area contributed by atoms with Crippen molar-refractivity contribution in [1.29, 1.82) is 0 Å². The summed E-state index contributed by atoms with van der Waals surface area (Å²) in [6.07, 6.45) is -0.536. The summed E-state index contributed by atoms with van der Waals surface area (Å²) in [6.45, 7) is 5.63. The molecule has 0 amide bonds. The Morgan fingerprint density at radius 2 is 1.88 bits per heavy atom. The van der Waals surface area contributed by atoms with Gasteiger partial charge in [-0.25, -0.2) is 9.97 Å². The van der Waals surface area contributed by atoms with Gasteiger partial charge in [0, 0.05) is 23.4 Å². The summed E-state index contributed by atoms with van der Waals surface area (Å²) in [5.41, 5.74) is 0.708. The Labute approximate surface area is 200 Å². The molecule has 3 aromatic rings. The number of aromatic amines is 1. The quantitative estimate of drug-likeness (QED) is 0.341. The van der Waals surface area contributed by atoms with E-state index < -0.39 is 23.3 Å². The number of carbonyl (C=O) groups is 1. The molecular formula is C24H25ClF3N3O3. The second kappa shape index (κ2) is 10.0. The molecule has 3 rings (SSSR count). The van der Waals surface area contributed by atoms with Gasteiger partial charge < -0.3 is 14.8 Å². The molecule has 1 unspecified atom stereocenters. The van der Waals surface area contributed by atoms with Crippen LogP contribution in [0.2, 0.25) is 5.02 Å². The predicted octanol–water partition coefficient (Wildman–Crippen LogP) is 6.78. The largest absolute Gasteiger partial charge is 0.481 e. The summed E-state index contributed by atoms with van der Waals surface area (Å²) in [5, 5.41) is 9.91. The molecule has 0 fully saturated rings. The highest BCUT2D eigenvalue weighted by atomic mass is 35.5. The fourth-order valence-corrected chi connectivity index (χ4v) is 4.02. The number of carboxylic acid groups (broad SMARTS) is 1. The van der Waals surface area contributed by atoms with Gasteiger partial charge in [0.15, 0.2) is 0 Å². The van der Waals surface area contributed by atoms with Crippen LogP contribution >= 0.6 is 11.6 Å². The van der Waals surface area contributed by atoms with Crippen molar-refractivity contribution in [2.45, 2.75) is 46.2 Å². The third kappa shape index (κ3) is 5.35. The summed E-state index contributed by atoms with van der Waals surface area (Å²) in [7, 11) is 0. The summed E-state index contributed by atoms with van der Waals surface area (Å²) in [4.78, 5) is 22.2. The predicted molar refractivity (Wildman–Crippen MR) is 123 cm³/mol. The van der Waals surface area contributed by atoms with Gasteiger partial charge in [-0.3, -0.25) is 4.79 Å². The number of aliphatic carboxylic acids is 1. The molecule has 0 aliphatic carbocycles. The van der Waals surface area contributed by atoms with Gasteiger partial charge in [0.05, 0.1) is 11.2 Å². The normalized spacial score (nSPS) is 13.5. The number of nitrogens with one attached hydrogen (secondary N) is 1. The Hall–Kier alpha value is -3.07. The first kappa shape index (κ1) is 25.6. The van der Waals surface area contributed by atoms with Gasteiger partial charge in [0.1, 0.15) is 23.5 Å². The molecule has 0 bridgehead atoms. The smallest absolute Gasteiger partial charge is 0.432 e. The lowest BCUT2D eigenvalue weighted by Gasteiger charge is -2.27. The zero-order valence-electron chi connectivity index (χ0n) is 19.0. The Kier molecular flexibility index (Phi) is 7.55. The number of alkyl halides is 3. The number of carboxylic acids is 1. The van der Waals surface area contributed by atoms with Crippen LogP contribution < -0.4 is 4.74 Å². The van der Waals surface area contributed by atoms with Crippen molar-refractivity contribution in [2.75, 3.05) is 6.61 Å². The molecule has 1 aromatic carbocycles. The average molecular weight is 496 g/mol. The summed E-state index contributed by atoms with van der Waals surface area (Å²) >= 11 is 6.35. The maximum Gasteiger partial charge on any atom is 0.432 e. The molecule has 6 nitrogen and oxygen atoms in total. The number of rotatable bonds is 9. The third-order valence-electron chi connectivity index (χ3n) is 5.86. The van der Waals surface area contributed by atoms with E-state index in [0.717, 1.165) is 23.7 Å². The van der Waals surface area contributed by atoms with Crippen LogP contribution in [-0.2, 0) is 11.0 Å². The van der Waals surface area contributed by atoms with E-state index in [4.69, 9.17) is 16.3 Å². The Morgan fingerprint density at radius 1 is 1.15 bits per heavy atom. The van der Waals surface area contributed by atoms with Crippen LogP contribution in [0.5, 0.6) is 5.88 Å². The number of aryl methyl sites for hydroxylation is 1. The van der Waals surface area contributed by atoms with Gasteiger partial charge >= 0.3 is 12.1 Å². The van der Waals surface area contributed by atoms with Gasteiger partial charge in [-0.15, -0.1) is 0 Å². The minimum absolute atomic E-state index is 0.0159. The molecule has 2 aromatic heterocycles. The van der Waals surface area contributed by atoms with E-state index in [-0.39, 0.29) is 17.5 Å². The van der Waals surface area contributed by atoms with Gasteiger partial charge in [-0.1, -0.05) is 37.9 Å². The van der Waals surface area contributed by atoms with E-state index in [9.17, 15) is 23.1 Å². The van der Waals surface area contributed by atoms with Crippen LogP contribution in [0.15, 0.2) is 36.7 Å². The minimum Gasteiger partial charge on any atom is -0.481 e. The van der Waals surface area contributed by atoms with E-state index in [1.165, 1.54) is 0 Å². The molecule has 0 saturated heterocycles. The summed E-state index contributed by atoms with van der Waals surface area (Å²) in [5.74, 6) is -0.555. The molecule has 2 N–H and O–H groups in total. The molecule has 10 heteroatoms. The molecule has 0 aliphatic heterocycles. The second-order valence-corrected chi connectivity index (χ2v) is 8.56. The first-order chi connectivity index (χ1) is 16.0. The number of nitrogens with zero attached hydrogens (tertiary/aromatic N) is 2. The fraction of sp³-hybridized carbons (Fsp3) is 0.375. The number of halogens is 4. The molecule has 0 spiro atoms. The Balaban J connectivity index is 1.81. The first-order valence-electron chi connectivity index (χ1n) is 10.8. The highest BCUT2D eigenvalue weighted by molar-refractivity contribution is 6.33. The van der Waals surface area contributed by atoms with Crippen molar-refractivity contribution >= 4 is 17.6 Å². The fourth-order valence-electron chi connectivity index (χ4n) is 3.75.